The normalized spacial score (nSPS) is 21.6. The number of aromatic nitrogens is 1. The van der Waals surface area contributed by atoms with Gasteiger partial charge in [0.05, 0.1) is 5.56 Å². The summed E-state index contributed by atoms with van der Waals surface area (Å²) in [5, 5.41) is 3.09. The lowest BCUT2D eigenvalue weighted by Gasteiger charge is -2.32. The molecule has 6 nitrogen and oxygen atoms in total. The van der Waals surface area contributed by atoms with Crippen molar-refractivity contribution in [2.75, 3.05) is 51.3 Å². The lowest BCUT2D eigenvalue weighted by Crippen LogP contribution is -2.37. The Bertz CT molecular complexity index is 599. The van der Waals surface area contributed by atoms with Crippen LogP contribution in [0, 0.1) is 11.8 Å². The molecule has 6 heteroatoms. The van der Waals surface area contributed by atoms with Gasteiger partial charge >= 0.3 is 0 Å². The third-order valence-corrected chi connectivity index (χ3v) is 5.65. The number of carbonyl (C=O) groups is 1. The van der Waals surface area contributed by atoms with Gasteiger partial charge in [-0.15, -0.1) is 0 Å². The molecule has 1 aromatic rings. The SMILES string of the molecule is CC(C)CN1CCC(CNC(=O)c2ccc(N(C)C3CCOCC3)nc2)C1. The molecule has 2 aliphatic rings. The highest BCUT2D eigenvalue weighted by molar-refractivity contribution is 5.94. The highest BCUT2D eigenvalue weighted by Gasteiger charge is 2.23. The van der Waals surface area contributed by atoms with Crippen molar-refractivity contribution < 1.29 is 9.53 Å². The van der Waals surface area contributed by atoms with Crippen LogP contribution in [0.15, 0.2) is 18.3 Å². The number of amides is 1. The van der Waals surface area contributed by atoms with Gasteiger partial charge < -0.3 is 19.9 Å². The molecule has 0 radical (unpaired) electrons. The first-order valence-corrected chi connectivity index (χ1v) is 10.3. The maximum absolute atomic E-state index is 12.4. The predicted molar refractivity (Wildman–Crippen MR) is 108 cm³/mol. The lowest BCUT2D eigenvalue weighted by atomic mass is 10.1. The summed E-state index contributed by atoms with van der Waals surface area (Å²) in [5.41, 5.74) is 0.635. The average Bonchev–Trinajstić information content (AvgIpc) is 3.13. The van der Waals surface area contributed by atoms with Crippen molar-refractivity contribution in [1.82, 2.24) is 15.2 Å². The van der Waals surface area contributed by atoms with E-state index < -0.39 is 0 Å². The Morgan fingerprint density at radius 3 is 2.78 bits per heavy atom. The van der Waals surface area contributed by atoms with Crippen molar-refractivity contribution in [2.45, 2.75) is 39.2 Å². The fraction of sp³-hybridized carbons (Fsp3) is 0.714. The van der Waals surface area contributed by atoms with E-state index in [9.17, 15) is 4.79 Å². The number of pyridine rings is 1. The minimum atomic E-state index is -0.0231. The number of hydrogen-bond acceptors (Lipinski definition) is 5. The smallest absolute Gasteiger partial charge is 0.252 e. The number of ether oxygens (including phenoxy) is 1. The number of likely N-dealkylation sites (tertiary alicyclic amines) is 1. The van der Waals surface area contributed by atoms with Crippen LogP contribution in [-0.2, 0) is 4.74 Å². The highest BCUT2D eigenvalue weighted by Crippen LogP contribution is 2.20. The van der Waals surface area contributed by atoms with Gasteiger partial charge in [0.15, 0.2) is 0 Å². The zero-order valence-electron chi connectivity index (χ0n) is 17.0. The minimum Gasteiger partial charge on any atom is -0.381 e. The first-order valence-electron chi connectivity index (χ1n) is 10.3. The monoisotopic (exact) mass is 374 g/mol. The highest BCUT2D eigenvalue weighted by atomic mass is 16.5. The fourth-order valence-corrected chi connectivity index (χ4v) is 4.09. The van der Waals surface area contributed by atoms with Crippen molar-refractivity contribution >= 4 is 11.7 Å². The van der Waals surface area contributed by atoms with E-state index in [2.05, 4.69) is 41.0 Å². The molecule has 0 saturated carbocycles. The van der Waals surface area contributed by atoms with Crippen molar-refractivity contribution in [1.29, 1.82) is 0 Å². The molecule has 0 aliphatic carbocycles. The molecule has 2 aliphatic heterocycles. The standard InChI is InChI=1S/C21H34N4O2/c1-16(2)14-25-9-6-17(15-25)12-23-21(26)18-4-5-20(22-13-18)24(3)19-7-10-27-11-8-19/h4-5,13,16-17,19H,6-12,14-15H2,1-3H3,(H,23,26). The zero-order valence-corrected chi connectivity index (χ0v) is 17.0. The molecule has 150 valence electrons. The van der Waals surface area contributed by atoms with E-state index in [1.807, 2.05) is 12.1 Å². The molecule has 3 heterocycles. The van der Waals surface area contributed by atoms with Crippen LogP contribution >= 0.6 is 0 Å². The Labute approximate surface area is 163 Å². The summed E-state index contributed by atoms with van der Waals surface area (Å²) in [4.78, 5) is 21.7. The summed E-state index contributed by atoms with van der Waals surface area (Å²) < 4.78 is 5.43. The van der Waals surface area contributed by atoms with Crippen molar-refractivity contribution in [3.05, 3.63) is 23.9 Å². The molecule has 2 saturated heterocycles. The van der Waals surface area contributed by atoms with E-state index >= 15 is 0 Å². The van der Waals surface area contributed by atoms with Crippen LogP contribution in [0.3, 0.4) is 0 Å². The van der Waals surface area contributed by atoms with Gasteiger partial charge in [0.1, 0.15) is 5.82 Å². The van der Waals surface area contributed by atoms with Gasteiger partial charge in [-0.25, -0.2) is 4.98 Å². The van der Waals surface area contributed by atoms with E-state index in [1.54, 1.807) is 6.20 Å². The molecule has 1 aromatic heterocycles. The third kappa shape index (κ3) is 5.66. The Morgan fingerprint density at radius 1 is 1.33 bits per heavy atom. The van der Waals surface area contributed by atoms with Crippen LogP contribution in [-0.4, -0.2) is 68.3 Å². The molecule has 2 fully saturated rings. The quantitative estimate of drug-likeness (QED) is 0.794. The fourth-order valence-electron chi connectivity index (χ4n) is 4.09. The van der Waals surface area contributed by atoms with Gasteiger partial charge in [0.25, 0.3) is 5.91 Å². The second-order valence-electron chi connectivity index (χ2n) is 8.38. The number of hydrogen-bond donors (Lipinski definition) is 1. The van der Waals surface area contributed by atoms with Gasteiger partial charge in [-0.05, 0) is 49.8 Å². The Kier molecular flexibility index (Phi) is 7.07. The average molecular weight is 375 g/mol. The Morgan fingerprint density at radius 2 is 2.11 bits per heavy atom. The first kappa shape index (κ1) is 20.1. The summed E-state index contributed by atoms with van der Waals surface area (Å²) in [7, 11) is 2.07. The molecule has 27 heavy (non-hydrogen) atoms. The van der Waals surface area contributed by atoms with Crippen molar-refractivity contribution in [2.24, 2.45) is 11.8 Å². The van der Waals surface area contributed by atoms with Crippen LogP contribution in [0.1, 0.15) is 43.5 Å². The van der Waals surface area contributed by atoms with Crippen molar-refractivity contribution in [3.8, 4) is 0 Å². The van der Waals surface area contributed by atoms with Crippen LogP contribution in [0.5, 0.6) is 0 Å². The summed E-state index contributed by atoms with van der Waals surface area (Å²) in [6.45, 7) is 10.3. The molecule has 0 spiro atoms. The first-order chi connectivity index (χ1) is 13.0. The molecular formula is C21H34N4O2. The molecule has 1 atom stereocenters. The molecule has 1 N–H and O–H groups in total. The van der Waals surface area contributed by atoms with Crippen LogP contribution in [0.4, 0.5) is 5.82 Å². The molecule has 1 amide bonds. The second kappa shape index (κ2) is 9.51. The van der Waals surface area contributed by atoms with Gasteiger partial charge in [0, 0.05) is 52.1 Å². The maximum Gasteiger partial charge on any atom is 0.252 e. The summed E-state index contributed by atoms with van der Waals surface area (Å²) in [6.07, 6.45) is 4.91. The van der Waals surface area contributed by atoms with Crippen molar-refractivity contribution in [3.63, 3.8) is 0 Å². The molecule has 3 rings (SSSR count). The molecule has 1 unspecified atom stereocenters. The van der Waals surface area contributed by atoms with Gasteiger partial charge in [-0.2, -0.15) is 0 Å². The number of rotatable bonds is 7. The second-order valence-corrected chi connectivity index (χ2v) is 8.38. The van der Waals surface area contributed by atoms with E-state index in [4.69, 9.17) is 4.74 Å². The van der Waals surface area contributed by atoms with Gasteiger partial charge in [0.2, 0.25) is 0 Å². The van der Waals surface area contributed by atoms with E-state index in [1.165, 1.54) is 6.42 Å². The molecule has 0 aromatic carbocycles. The summed E-state index contributed by atoms with van der Waals surface area (Å²) in [6, 6.07) is 4.29. The van der Waals surface area contributed by atoms with Crippen LogP contribution in [0.25, 0.3) is 0 Å². The summed E-state index contributed by atoms with van der Waals surface area (Å²) in [5.74, 6) is 2.14. The number of carbonyl (C=O) groups excluding carboxylic acids is 1. The molecule has 0 bridgehead atoms. The Hall–Kier alpha value is -1.66. The topological polar surface area (TPSA) is 57.7 Å². The van der Waals surface area contributed by atoms with Crippen LogP contribution < -0.4 is 10.2 Å². The number of nitrogens with one attached hydrogen (secondary N) is 1. The Balaban J connectivity index is 1.46. The van der Waals surface area contributed by atoms with Crippen LogP contribution in [0.2, 0.25) is 0 Å². The summed E-state index contributed by atoms with van der Waals surface area (Å²) >= 11 is 0. The van der Waals surface area contributed by atoms with E-state index in [-0.39, 0.29) is 5.91 Å². The number of nitrogens with zero attached hydrogens (tertiary/aromatic N) is 3. The zero-order chi connectivity index (χ0) is 19.2. The van der Waals surface area contributed by atoms with Gasteiger partial charge in [-0.3, -0.25) is 4.79 Å². The van der Waals surface area contributed by atoms with E-state index in [0.717, 1.165) is 58.1 Å². The molecular weight excluding hydrogens is 340 g/mol. The third-order valence-electron chi connectivity index (χ3n) is 5.65. The van der Waals surface area contributed by atoms with E-state index in [0.29, 0.717) is 23.4 Å². The predicted octanol–water partition coefficient (Wildman–Crippen LogP) is 2.40. The van der Waals surface area contributed by atoms with Gasteiger partial charge in [-0.1, -0.05) is 13.8 Å². The maximum atomic E-state index is 12.4. The largest absolute Gasteiger partial charge is 0.381 e. The minimum absolute atomic E-state index is 0.0231. The lowest BCUT2D eigenvalue weighted by molar-refractivity contribution is 0.0853. The number of anilines is 1.